The van der Waals surface area contributed by atoms with Gasteiger partial charge in [-0.05, 0) is 23.5 Å². The minimum atomic E-state index is -0.180. The average molecular weight is 246 g/mol. The van der Waals surface area contributed by atoms with Gasteiger partial charge in [-0.1, -0.05) is 57.2 Å². The van der Waals surface area contributed by atoms with E-state index in [2.05, 4.69) is 45.0 Å². The molecule has 0 fully saturated rings. The summed E-state index contributed by atoms with van der Waals surface area (Å²) < 4.78 is 4.85. The molecule has 1 rings (SSSR count). The molecular formula is C16H22O2. The molecule has 0 bridgehead atoms. The van der Waals surface area contributed by atoms with Crippen LogP contribution in [0.25, 0.3) is 6.08 Å². The van der Waals surface area contributed by atoms with Crippen molar-refractivity contribution in [3.05, 3.63) is 41.5 Å². The summed E-state index contributed by atoms with van der Waals surface area (Å²) in [7, 11) is 0. The molecule has 18 heavy (non-hydrogen) atoms. The lowest BCUT2D eigenvalue weighted by molar-refractivity contribution is -0.142. The number of ether oxygens (including phenoxy) is 1. The second-order valence-electron chi connectivity index (χ2n) is 5.28. The molecule has 2 nitrogen and oxygen atoms in total. The van der Waals surface area contributed by atoms with Crippen LogP contribution in [0.5, 0.6) is 0 Å². The summed E-state index contributed by atoms with van der Waals surface area (Å²) in [5.41, 5.74) is 2.59. The number of esters is 1. The molecule has 0 saturated heterocycles. The summed E-state index contributed by atoms with van der Waals surface area (Å²) in [6.07, 6.45) is 4.11. The van der Waals surface area contributed by atoms with Gasteiger partial charge in [0, 0.05) is 0 Å². The molecule has 0 aromatic heterocycles. The van der Waals surface area contributed by atoms with Gasteiger partial charge in [0.2, 0.25) is 0 Å². The predicted molar refractivity (Wildman–Crippen MR) is 75.4 cm³/mol. The zero-order valence-electron chi connectivity index (χ0n) is 11.7. The minimum Gasteiger partial charge on any atom is -0.466 e. The summed E-state index contributed by atoms with van der Waals surface area (Å²) in [6.45, 7) is 8.83. The van der Waals surface area contributed by atoms with E-state index in [0.29, 0.717) is 13.0 Å². The Hall–Kier alpha value is -1.57. The van der Waals surface area contributed by atoms with Gasteiger partial charge < -0.3 is 4.74 Å². The third-order valence-electron chi connectivity index (χ3n) is 2.68. The topological polar surface area (TPSA) is 26.3 Å². The van der Waals surface area contributed by atoms with E-state index in [0.717, 1.165) is 5.56 Å². The van der Waals surface area contributed by atoms with Gasteiger partial charge >= 0.3 is 5.97 Å². The van der Waals surface area contributed by atoms with E-state index >= 15 is 0 Å². The molecule has 0 aliphatic rings. The second-order valence-corrected chi connectivity index (χ2v) is 5.28. The maximum Gasteiger partial charge on any atom is 0.309 e. The Balaban J connectivity index is 2.59. The van der Waals surface area contributed by atoms with Crippen molar-refractivity contribution < 1.29 is 9.53 Å². The molecule has 1 aromatic carbocycles. The molecule has 0 unspecified atom stereocenters. The Morgan fingerprint density at radius 2 is 1.83 bits per heavy atom. The number of carbonyl (C=O) groups excluding carboxylic acids is 1. The molecule has 0 aliphatic heterocycles. The highest BCUT2D eigenvalue weighted by Gasteiger charge is 2.12. The van der Waals surface area contributed by atoms with Crippen LogP contribution in [0.15, 0.2) is 30.3 Å². The van der Waals surface area contributed by atoms with E-state index < -0.39 is 0 Å². The number of carbonyl (C=O) groups is 1. The lowest BCUT2D eigenvalue weighted by Gasteiger charge is -2.18. The molecule has 2 heteroatoms. The van der Waals surface area contributed by atoms with Crippen molar-refractivity contribution in [2.75, 3.05) is 6.61 Å². The largest absolute Gasteiger partial charge is 0.466 e. The first-order chi connectivity index (χ1) is 8.43. The Labute approximate surface area is 110 Å². The van der Waals surface area contributed by atoms with Crippen molar-refractivity contribution in [2.24, 2.45) is 0 Å². The summed E-state index contributed by atoms with van der Waals surface area (Å²) in [5, 5.41) is 0. The fourth-order valence-electron chi connectivity index (χ4n) is 1.61. The second kappa shape index (κ2) is 6.39. The summed E-state index contributed by atoms with van der Waals surface area (Å²) in [5.74, 6) is -0.180. The number of rotatable bonds is 4. The highest BCUT2D eigenvalue weighted by atomic mass is 16.5. The van der Waals surface area contributed by atoms with Crippen molar-refractivity contribution >= 4 is 12.0 Å². The fraction of sp³-hybridized carbons (Fsp3) is 0.438. The average Bonchev–Trinajstić information content (AvgIpc) is 2.29. The first kappa shape index (κ1) is 14.5. The Kier molecular flexibility index (Phi) is 5.14. The summed E-state index contributed by atoms with van der Waals surface area (Å²) >= 11 is 0. The first-order valence-corrected chi connectivity index (χ1v) is 6.36. The van der Waals surface area contributed by atoms with Crippen LogP contribution in [0, 0.1) is 0 Å². The third kappa shape index (κ3) is 4.74. The van der Waals surface area contributed by atoms with Crippen LogP contribution < -0.4 is 0 Å². The zero-order valence-corrected chi connectivity index (χ0v) is 11.7. The molecule has 1 aromatic rings. The predicted octanol–water partition coefficient (Wildman–Crippen LogP) is 3.95. The molecule has 0 aliphatic carbocycles. The molecule has 0 saturated carbocycles. The number of hydrogen-bond acceptors (Lipinski definition) is 2. The lowest BCUT2D eigenvalue weighted by atomic mass is 9.87. The van der Waals surface area contributed by atoms with Crippen LogP contribution in [0.4, 0.5) is 0 Å². The molecule has 0 heterocycles. The van der Waals surface area contributed by atoms with E-state index in [4.69, 9.17) is 4.74 Å². The Morgan fingerprint density at radius 1 is 1.22 bits per heavy atom. The Bertz CT molecular complexity index is 408. The minimum absolute atomic E-state index is 0.174. The number of hydrogen-bond donors (Lipinski definition) is 0. The first-order valence-electron chi connectivity index (χ1n) is 6.36. The van der Waals surface area contributed by atoms with E-state index in [1.54, 1.807) is 0 Å². The van der Waals surface area contributed by atoms with Crippen LogP contribution in [0.2, 0.25) is 0 Å². The molecule has 98 valence electrons. The molecule has 0 atom stereocenters. The lowest BCUT2D eigenvalue weighted by Crippen LogP contribution is -2.10. The van der Waals surface area contributed by atoms with Crippen LogP contribution in [0.3, 0.4) is 0 Å². The van der Waals surface area contributed by atoms with E-state index in [-0.39, 0.29) is 11.4 Å². The maximum atomic E-state index is 11.1. The van der Waals surface area contributed by atoms with Crippen molar-refractivity contribution in [3.63, 3.8) is 0 Å². The van der Waals surface area contributed by atoms with Crippen molar-refractivity contribution in [3.8, 4) is 0 Å². The van der Waals surface area contributed by atoms with Crippen molar-refractivity contribution in [2.45, 2.75) is 39.5 Å². The van der Waals surface area contributed by atoms with Gasteiger partial charge in [-0.3, -0.25) is 4.79 Å². The molecule has 0 spiro atoms. The normalized spacial score (nSPS) is 11.8. The third-order valence-corrected chi connectivity index (χ3v) is 2.68. The van der Waals surface area contributed by atoms with Crippen LogP contribution in [-0.2, 0) is 14.9 Å². The fourth-order valence-corrected chi connectivity index (χ4v) is 1.61. The van der Waals surface area contributed by atoms with Gasteiger partial charge in [0.25, 0.3) is 0 Å². The molecule has 0 radical (unpaired) electrons. The maximum absolute atomic E-state index is 11.1. The van der Waals surface area contributed by atoms with Crippen LogP contribution >= 0.6 is 0 Å². The molecule has 0 amide bonds. The van der Waals surface area contributed by atoms with E-state index in [9.17, 15) is 4.79 Å². The van der Waals surface area contributed by atoms with Gasteiger partial charge in [-0.2, -0.15) is 0 Å². The summed E-state index contributed by atoms with van der Waals surface area (Å²) in [4.78, 5) is 11.1. The highest BCUT2D eigenvalue weighted by Crippen LogP contribution is 2.22. The van der Waals surface area contributed by atoms with Crippen molar-refractivity contribution in [1.82, 2.24) is 0 Å². The summed E-state index contributed by atoms with van der Waals surface area (Å²) in [6, 6.07) is 8.40. The SMILES string of the molecule is CCOC(=O)CC=Cc1ccc(C(C)(C)C)cc1. The smallest absolute Gasteiger partial charge is 0.309 e. The standard InChI is InChI=1S/C16H22O2/c1-5-18-15(17)8-6-7-13-9-11-14(12-10-13)16(2,3)4/h6-7,9-12H,5,8H2,1-4H3. The highest BCUT2D eigenvalue weighted by molar-refractivity contribution is 5.72. The quantitative estimate of drug-likeness (QED) is 0.752. The van der Waals surface area contributed by atoms with E-state index in [1.807, 2.05) is 19.1 Å². The molecule has 0 N–H and O–H groups in total. The van der Waals surface area contributed by atoms with E-state index in [1.165, 1.54) is 5.56 Å². The van der Waals surface area contributed by atoms with Gasteiger partial charge in [0.15, 0.2) is 0 Å². The van der Waals surface area contributed by atoms with Gasteiger partial charge in [-0.25, -0.2) is 0 Å². The van der Waals surface area contributed by atoms with Gasteiger partial charge in [-0.15, -0.1) is 0 Å². The van der Waals surface area contributed by atoms with Gasteiger partial charge in [0.1, 0.15) is 0 Å². The molecular weight excluding hydrogens is 224 g/mol. The van der Waals surface area contributed by atoms with Crippen molar-refractivity contribution in [1.29, 1.82) is 0 Å². The van der Waals surface area contributed by atoms with Crippen LogP contribution in [0.1, 0.15) is 45.2 Å². The monoisotopic (exact) mass is 246 g/mol. The Morgan fingerprint density at radius 3 is 2.33 bits per heavy atom. The van der Waals surface area contributed by atoms with Crippen LogP contribution in [-0.4, -0.2) is 12.6 Å². The van der Waals surface area contributed by atoms with Gasteiger partial charge in [0.05, 0.1) is 13.0 Å². The zero-order chi connectivity index (χ0) is 13.6. The number of benzene rings is 1.